The van der Waals surface area contributed by atoms with Crippen LogP contribution in [0.25, 0.3) is 0 Å². The fourth-order valence-electron chi connectivity index (χ4n) is 5.22. The summed E-state index contributed by atoms with van der Waals surface area (Å²) in [5.74, 6) is 2.85. The molecule has 0 saturated heterocycles. The van der Waals surface area contributed by atoms with Crippen molar-refractivity contribution in [2.24, 2.45) is 29.6 Å². The number of rotatable bonds is 1. The van der Waals surface area contributed by atoms with Gasteiger partial charge in [-0.2, -0.15) is 8.42 Å². The second kappa shape index (κ2) is 2.72. The van der Waals surface area contributed by atoms with Gasteiger partial charge in [-0.05, 0) is 55.3 Å². The van der Waals surface area contributed by atoms with Crippen LogP contribution in [0.15, 0.2) is 11.6 Å². The Bertz CT molecular complexity index is 478. The molecular formula is C12H16O3S. The molecule has 0 amide bonds. The Labute approximate surface area is 95.7 Å². The van der Waals surface area contributed by atoms with Crippen LogP contribution in [0.4, 0.5) is 0 Å². The summed E-state index contributed by atoms with van der Waals surface area (Å²) >= 11 is 0. The predicted molar refractivity (Wildman–Crippen MR) is 59.3 cm³/mol. The van der Waals surface area contributed by atoms with Crippen molar-refractivity contribution in [1.29, 1.82) is 0 Å². The Morgan fingerprint density at radius 1 is 1.25 bits per heavy atom. The quantitative estimate of drug-likeness (QED) is 0.432. The Hall–Kier alpha value is -0.350. The Morgan fingerprint density at radius 2 is 2.06 bits per heavy atom. The monoisotopic (exact) mass is 240 g/mol. The van der Waals surface area contributed by atoms with Gasteiger partial charge in [0, 0.05) is 0 Å². The van der Waals surface area contributed by atoms with Crippen LogP contribution in [0.2, 0.25) is 0 Å². The SMILES string of the molecule is O=S(=O)(O)C1CC2CC1C1C3=CCC(C3)C21. The summed E-state index contributed by atoms with van der Waals surface area (Å²) in [5, 5.41) is -0.459. The Kier molecular flexibility index (Phi) is 1.64. The Morgan fingerprint density at radius 3 is 2.81 bits per heavy atom. The molecule has 3 nitrogen and oxygen atoms in total. The summed E-state index contributed by atoms with van der Waals surface area (Å²) in [6.07, 6.45) is 6.51. The molecule has 88 valence electrons. The molecule has 6 unspecified atom stereocenters. The summed E-state index contributed by atoms with van der Waals surface area (Å²) in [7, 11) is -3.82. The molecule has 6 atom stereocenters. The minimum Gasteiger partial charge on any atom is -0.285 e. The maximum absolute atomic E-state index is 11.4. The van der Waals surface area contributed by atoms with Gasteiger partial charge in [-0.1, -0.05) is 11.6 Å². The van der Waals surface area contributed by atoms with Gasteiger partial charge in [-0.25, -0.2) is 0 Å². The van der Waals surface area contributed by atoms with E-state index in [0.29, 0.717) is 18.3 Å². The molecule has 0 radical (unpaired) electrons. The molecule has 0 aromatic rings. The third-order valence-corrected chi connectivity index (χ3v) is 6.85. The van der Waals surface area contributed by atoms with Crippen molar-refractivity contribution in [3.05, 3.63) is 11.6 Å². The highest BCUT2D eigenvalue weighted by molar-refractivity contribution is 7.86. The van der Waals surface area contributed by atoms with Crippen molar-refractivity contribution in [3.8, 4) is 0 Å². The van der Waals surface area contributed by atoms with Crippen molar-refractivity contribution in [2.75, 3.05) is 0 Å². The summed E-state index contributed by atoms with van der Waals surface area (Å²) in [6, 6.07) is 0. The lowest BCUT2D eigenvalue weighted by Gasteiger charge is -2.34. The summed E-state index contributed by atoms with van der Waals surface area (Å²) in [5.41, 5.74) is 1.51. The van der Waals surface area contributed by atoms with Gasteiger partial charge in [-0.3, -0.25) is 4.55 Å². The summed E-state index contributed by atoms with van der Waals surface area (Å²) in [6.45, 7) is 0. The normalized spacial score (nSPS) is 53.2. The highest BCUT2D eigenvalue weighted by Gasteiger charge is 2.62. The van der Waals surface area contributed by atoms with E-state index < -0.39 is 15.4 Å². The highest BCUT2D eigenvalue weighted by Crippen LogP contribution is 2.66. The molecule has 0 aromatic heterocycles. The van der Waals surface area contributed by atoms with Crippen LogP contribution < -0.4 is 0 Å². The van der Waals surface area contributed by atoms with Gasteiger partial charge in [0.05, 0.1) is 5.25 Å². The van der Waals surface area contributed by atoms with Crippen molar-refractivity contribution < 1.29 is 13.0 Å². The topological polar surface area (TPSA) is 54.4 Å². The van der Waals surface area contributed by atoms with E-state index in [4.69, 9.17) is 0 Å². The Balaban J connectivity index is 1.75. The van der Waals surface area contributed by atoms with Crippen LogP contribution >= 0.6 is 0 Å². The lowest BCUT2D eigenvalue weighted by atomic mass is 9.74. The molecule has 4 aliphatic rings. The van der Waals surface area contributed by atoms with Crippen molar-refractivity contribution >= 4 is 10.1 Å². The molecule has 0 heterocycles. The highest BCUT2D eigenvalue weighted by atomic mass is 32.2. The van der Waals surface area contributed by atoms with Gasteiger partial charge in [0.2, 0.25) is 0 Å². The number of hydrogen-bond acceptors (Lipinski definition) is 2. The number of allylic oxidation sites excluding steroid dienone is 2. The largest absolute Gasteiger partial charge is 0.285 e. The van der Waals surface area contributed by atoms with Crippen LogP contribution in [0.5, 0.6) is 0 Å². The minimum atomic E-state index is -3.82. The molecular weight excluding hydrogens is 224 g/mol. The maximum Gasteiger partial charge on any atom is 0.268 e. The zero-order valence-corrected chi connectivity index (χ0v) is 9.86. The first-order chi connectivity index (χ1) is 7.55. The molecule has 4 bridgehead atoms. The molecule has 16 heavy (non-hydrogen) atoms. The van der Waals surface area contributed by atoms with E-state index in [1.54, 1.807) is 0 Å². The van der Waals surface area contributed by atoms with Gasteiger partial charge in [-0.15, -0.1) is 0 Å². The smallest absolute Gasteiger partial charge is 0.268 e. The summed E-state index contributed by atoms with van der Waals surface area (Å²) in [4.78, 5) is 0. The van der Waals surface area contributed by atoms with Crippen LogP contribution in [-0.2, 0) is 10.1 Å². The lowest BCUT2D eigenvalue weighted by molar-refractivity contribution is 0.213. The molecule has 4 heteroatoms. The van der Waals surface area contributed by atoms with Crippen LogP contribution in [0.3, 0.4) is 0 Å². The molecule has 3 fully saturated rings. The molecule has 0 aromatic carbocycles. The van der Waals surface area contributed by atoms with Gasteiger partial charge < -0.3 is 0 Å². The van der Waals surface area contributed by atoms with Crippen molar-refractivity contribution in [1.82, 2.24) is 0 Å². The van der Waals surface area contributed by atoms with E-state index in [-0.39, 0.29) is 5.92 Å². The van der Waals surface area contributed by atoms with E-state index in [0.717, 1.165) is 18.3 Å². The maximum atomic E-state index is 11.4. The fraction of sp³-hybridized carbons (Fsp3) is 0.833. The average molecular weight is 240 g/mol. The van der Waals surface area contributed by atoms with Crippen molar-refractivity contribution in [2.45, 2.75) is 30.9 Å². The van der Waals surface area contributed by atoms with E-state index in [1.807, 2.05) is 0 Å². The standard InChI is InChI=1S/C12H16O3S/c13-16(14,15)10-5-8-4-9(10)12-7-2-1-6(3-7)11(8)12/h2,6,8-12H,1,3-5H2,(H,13,14,15). The van der Waals surface area contributed by atoms with Crippen molar-refractivity contribution in [3.63, 3.8) is 0 Å². The van der Waals surface area contributed by atoms with Crippen LogP contribution in [0, 0.1) is 29.6 Å². The van der Waals surface area contributed by atoms with E-state index in [9.17, 15) is 13.0 Å². The van der Waals surface area contributed by atoms with Crippen LogP contribution in [0.1, 0.15) is 25.7 Å². The van der Waals surface area contributed by atoms with Gasteiger partial charge in [0.15, 0.2) is 0 Å². The third-order valence-electron chi connectivity index (χ3n) is 5.54. The molecule has 4 aliphatic carbocycles. The van der Waals surface area contributed by atoms with E-state index in [2.05, 4.69) is 6.08 Å². The lowest BCUT2D eigenvalue weighted by Crippen LogP contribution is -2.36. The van der Waals surface area contributed by atoms with Gasteiger partial charge >= 0.3 is 0 Å². The number of fused-ring (bicyclic) bond motifs is 9. The van der Waals surface area contributed by atoms with E-state index in [1.165, 1.54) is 18.4 Å². The predicted octanol–water partition coefficient (Wildman–Crippen LogP) is 1.87. The number of hydrogen-bond donors (Lipinski definition) is 1. The molecule has 0 spiro atoms. The zero-order chi connectivity index (χ0) is 11.1. The first-order valence-electron chi connectivity index (χ1n) is 6.21. The molecule has 0 aliphatic heterocycles. The first-order valence-corrected chi connectivity index (χ1v) is 7.71. The minimum absolute atomic E-state index is 0.224. The molecule has 4 rings (SSSR count). The van der Waals surface area contributed by atoms with Gasteiger partial charge in [0.25, 0.3) is 10.1 Å². The first kappa shape index (κ1) is 9.66. The van der Waals surface area contributed by atoms with Crippen LogP contribution in [-0.4, -0.2) is 18.2 Å². The molecule has 1 N–H and O–H groups in total. The fourth-order valence-corrected chi connectivity index (χ4v) is 6.43. The third kappa shape index (κ3) is 1.00. The second-order valence-corrected chi connectivity index (χ2v) is 7.67. The van der Waals surface area contributed by atoms with Gasteiger partial charge in [0.1, 0.15) is 0 Å². The average Bonchev–Trinajstić information content (AvgIpc) is 2.94. The second-order valence-electron chi connectivity index (χ2n) is 6.03. The van der Waals surface area contributed by atoms with E-state index >= 15 is 0 Å². The molecule has 3 saturated carbocycles. The zero-order valence-electron chi connectivity index (χ0n) is 9.04. The summed E-state index contributed by atoms with van der Waals surface area (Å²) < 4.78 is 32.0.